The molecule has 1 unspecified atom stereocenters. The van der Waals surface area contributed by atoms with Crippen LogP contribution in [0.1, 0.15) is 30.1 Å². The van der Waals surface area contributed by atoms with Crippen molar-refractivity contribution < 1.29 is 19.5 Å². The number of benzene rings is 1. The Morgan fingerprint density at radius 2 is 1.86 bits per heavy atom. The van der Waals surface area contributed by atoms with Gasteiger partial charge in [-0.05, 0) is 43.0 Å². The lowest BCUT2D eigenvalue weighted by atomic mass is 10.1. The van der Waals surface area contributed by atoms with Gasteiger partial charge >= 0.3 is 5.97 Å². The first-order valence-corrected chi connectivity index (χ1v) is 6.88. The van der Waals surface area contributed by atoms with Crippen molar-refractivity contribution in [3.05, 3.63) is 29.8 Å². The molecule has 3 N–H and O–H groups in total. The van der Waals surface area contributed by atoms with Gasteiger partial charge in [0.1, 0.15) is 6.54 Å². The molecule has 1 aromatic rings. The van der Waals surface area contributed by atoms with Crippen LogP contribution in [0, 0.1) is 11.8 Å². The number of carboxylic acid groups (broad SMARTS) is 1. The largest absolute Gasteiger partial charge is 0.480 e. The van der Waals surface area contributed by atoms with E-state index in [1.54, 1.807) is 24.3 Å². The summed E-state index contributed by atoms with van der Waals surface area (Å²) in [4.78, 5) is 33.9. The van der Waals surface area contributed by atoms with Crippen molar-refractivity contribution in [1.29, 1.82) is 0 Å². The number of carboxylic acids is 1. The molecule has 1 atom stereocenters. The molecule has 0 heterocycles. The number of carbonyl (C=O) groups excluding carboxylic acids is 2. The number of anilines is 1. The van der Waals surface area contributed by atoms with Gasteiger partial charge in [0, 0.05) is 17.2 Å². The molecule has 0 bridgehead atoms. The molecule has 1 fully saturated rings. The highest BCUT2D eigenvalue weighted by molar-refractivity contribution is 5.97. The van der Waals surface area contributed by atoms with Crippen molar-refractivity contribution >= 4 is 23.5 Å². The number of nitrogens with one attached hydrogen (secondary N) is 2. The number of aliphatic carboxylic acids is 1. The van der Waals surface area contributed by atoms with E-state index >= 15 is 0 Å². The molecule has 0 spiro atoms. The first-order chi connectivity index (χ1) is 9.97. The van der Waals surface area contributed by atoms with Gasteiger partial charge in [-0.2, -0.15) is 0 Å². The Morgan fingerprint density at radius 3 is 2.38 bits per heavy atom. The Balaban J connectivity index is 1.90. The average molecular weight is 290 g/mol. The predicted molar refractivity (Wildman–Crippen MR) is 76.9 cm³/mol. The lowest BCUT2D eigenvalue weighted by Gasteiger charge is -2.11. The third-order valence-corrected chi connectivity index (χ3v) is 3.56. The molecule has 1 aromatic carbocycles. The highest BCUT2D eigenvalue weighted by atomic mass is 16.4. The van der Waals surface area contributed by atoms with Crippen molar-refractivity contribution in [2.24, 2.45) is 11.8 Å². The minimum atomic E-state index is -1.10. The van der Waals surface area contributed by atoms with Crippen molar-refractivity contribution in [3.63, 3.8) is 0 Å². The fourth-order valence-corrected chi connectivity index (χ4v) is 2.03. The molecule has 0 aliphatic heterocycles. The maximum absolute atomic E-state index is 11.9. The maximum Gasteiger partial charge on any atom is 0.322 e. The van der Waals surface area contributed by atoms with Crippen LogP contribution in [0.25, 0.3) is 0 Å². The minimum Gasteiger partial charge on any atom is -0.480 e. The van der Waals surface area contributed by atoms with Gasteiger partial charge in [-0.15, -0.1) is 0 Å². The fraction of sp³-hybridized carbons (Fsp3) is 0.400. The summed E-state index contributed by atoms with van der Waals surface area (Å²) in [5.41, 5.74) is 0.978. The summed E-state index contributed by atoms with van der Waals surface area (Å²) in [6, 6.07) is 6.36. The van der Waals surface area contributed by atoms with Crippen LogP contribution in [0.4, 0.5) is 5.69 Å². The summed E-state index contributed by atoms with van der Waals surface area (Å²) >= 11 is 0. The van der Waals surface area contributed by atoms with Gasteiger partial charge in [-0.3, -0.25) is 14.4 Å². The van der Waals surface area contributed by atoms with Gasteiger partial charge in [0.25, 0.3) is 5.91 Å². The highest BCUT2D eigenvalue weighted by Crippen LogP contribution is 2.37. The summed E-state index contributed by atoms with van der Waals surface area (Å²) in [7, 11) is 0. The van der Waals surface area contributed by atoms with E-state index in [0.29, 0.717) is 17.2 Å². The van der Waals surface area contributed by atoms with E-state index in [4.69, 9.17) is 5.11 Å². The quantitative estimate of drug-likeness (QED) is 0.739. The van der Waals surface area contributed by atoms with Gasteiger partial charge in [0.05, 0.1) is 0 Å². The van der Waals surface area contributed by atoms with Crippen LogP contribution in [0.5, 0.6) is 0 Å². The lowest BCUT2D eigenvalue weighted by molar-refractivity contribution is -0.135. The van der Waals surface area contributed by atoms with Gasteiger partial charge < -0.3 is 15.7 Å². The number of hydrogen-bond acceptors (Lipinski definition) is 3. The molecular weight excluding hydrogens is 272 g/mol. The zero-order chi connectivity index (χ0) is 15.4. The first-order valence-electron chi connectivity index (χ1n) is 6.88. The summed E-state index contributed by atoms with van der Waals surface area (Å²) in [5, 5.41) is 13.6. The number of rotatable bonds is 6. The fourth-order valence-electron chi connectivity index (χ4n) is 2.03. The van der Waals surface area contributed by atoms with E-state index in [-0.39, 0.29) is 11.8 Å². The molecule has 112 valence electrons. The third-order valence-electron chi connectivity index (χ3n) is 3.56. The molecule has 21 heavy (non-hydrogen) atoms. The molecule has 6 nitrogen and oxygen atoms in total. The molecule has 2 rings (SSSR count). The van der Waals surface area contributed by atoms with Crippen molar-refractivity contribution in [3.8, 4) is 0 Å². The predicted octanol–water partition coefficient (Wildman–Crippen LogP) is 1.49. The highest BCUT2D eigenvalue weighted by Gasteiger charge is 2.32. The van der Waals surface area contributed by atoms with Gasteiger partial charge in [-0.25, -0.2) is 0 Å². The number of carbonyl (C=O) groups is 3. The van der Waals surface area contributed by atoms with E-state index in [2.05, 4.69) is 10.6 Å². The van der Waals surface area contributed by atoms with E-state index in [0.717, 1.165) is 12.8 Å². The first kappa shape index (κ1) is 15.0. The molecule has 1 saturated carbocycles. The molecule has 2 amide bonds. The van der Waals surface area contributed by atoms with Crippen molar-refractivity contribution in [2.75, 3.05) is 11.9 Å². The molecule has 0 radical (unpaired) electrons. The van der Waals surface area contributed by atoms with E-state index in [1.165, 1.54) is 0 Å². The molecule has 1 aliphatic rings. The lowest BCUT2D eigenvalue weighted by Crippen LogP contribution is -2.29. The third kappa shape index (κ3) is 4.30. The Hall–Kier alpha value is -2.37. The van der Waals surface area contributed by atoms with E-state index < -0.39 is 18.4 Å². The topological polar surface area (TPSA) is 95.5 Å². The molecule has 0 saturated heterocycles. The van der Waals surface area contributed by atoms with Crippen LogP contribution >= 0.6 is 0 Å². The van der Waals surface area contributed by atoms with Gasteiger partial charge in [0.2, 0.25) is 5.91 Å². The molecule has 0 aromatic heterocycles. The zero-order valence-electron chi connectivity index (χ0n) is 11.8. The van der Waals surface area contributed by atoms with E-state index in [1.807, 2.05) is 6.92 Å². The Labute approximate surface area is 122 Å². The Kier molecular flexibility index (Phi) is 4.57. The number of amides is 2. The van der Waals surface area contributed by atoms with Crippen LogP contribution in [0.3, 0.4) is 0 Å². The second-order valence-electron chi connectivity index (χ2n) is 5.27. The molecule has 1 aliphatic carbocycles. The second kappa shape index (κ2) is 6.39. The number of hydrogen-bond donors (Lipinski definition) is 3. The molecule has 6 heteroatoms. The standard InChI is InChI=1S/C15H18N2O4/c1-9(10-2-3-10)14(20)17-12-6-4-11(5-7-12)15(21)16-8-13(18)19/h4-7,9-10H,2-3,8H2,1H3,(H,16,21)(H,17,20)(H,18,19). The van der Waals surface area contributed by atoms with Crippen LogP contribution in [-0.4, -0.2) is 29.4 Å². The summed E-state index contributed by atoms with van der Waals surface area (Å²) in [5.74, 6) is -1.07. The SMILES string of the molecule is CC(C(=O)Nc1ccc(C(=O)NCC(=O)O)cc1)C1CC1. The van der Waals surface area contributed by atoms with Gasteiger partial charge in [-0.1, -0.05) is 6.92 Å². The molecular formula is C15H18N2O4. The van der Waals surface area contributed by atoms with Gasteiger partial charge in [0.15, 0.2) is 0 Å². The summed E-state index contributed by atoms with van der Waals surface area (Å²) in [6.45, 7) is 1.50. The maximum atomic E-state index is 11.9. The van der Waals surface area contributed by atoms with Crippen LogP contribution in [-0.2, 0) is 9.59 Å². The van der Waals surface area contributed by atoms with E-state index in [9.17, 15) is 14.4 Å². The average Bonchev–Trinajstić information content (AvgIpc) is 3.29. The van der Waals surface area contributed by atoms with Crippen LogP contribution in [0.2, 0.25) is 0 Å². The minimum absolute atomic E-state index is 0.00328. The van der Waals surface area contributed by atoms with Crippen molar-refractivity contribution in [2.45, 2.75) is 19.8 Å². The summed E-state index contributed by atoms with van der Waals surface area (Å²) < 4.78 is 0. The zero-order valence-corrected chi connectivity index (χ0v) is 11.8. The Morgan fingerprint density at radius 1 is 1.24 bits per heavy atom. The Bertz CT molecular complexity index is 549. The van der Waals surface area contributed by atoms with Crippen molar-refractivity contribution in [1.82, 2.24) is 5.32 Å². The summed E-state index contributed by atoms with van der Waals surface area (Å²) in [6.07, 6.45) is 2.22. The monoisotopic (exact) mass is 290 g/mol. The smallest absolute Gasteiger partial charge is 0.322 e. The van der Waals surface area contributed by atoms with Crippen LogP contribution < -0.4 is 10.6 Å². The second-order valence-corrected chi connectivity index (χ2v) is 5.27. The van der Waals surface area contributed by atoms with Crippen LogP contribution in [0.15, 0.2) is 24.3 Å². The normalized spacial score (nSPS) is 15.1.